The Morgan fingerprint density at radius 3 is 2.67 bits per heavy atom. The fourth-order valence-corrected chi connectivity index (χ4v) is 5.93. The molecule has 4 aromatic rings. The number of hydrogen-bond acceptors (Lipinski definition) is 7. The van der Waals surface area contributed by atoms with E-state index in [2.05, 4.69) is 28.1 Å². The van der Waals surface area contributed by atoms with Crippen molar-refractivity contribution in [3.05, 3.63) is 77.5 Å². The van der Waals surface area contributed by atoms with E-state index in [4.69, 9.17) is 9.62 Å². The van der Waals surface area contributed by atoms with Gasteiger partial charge in [0.15, 0.2) is 17.3 Å². The van der Waals surface area contributed by atoms with Crippen LogP contribution in [0.25, 0.3) is 28.4 Å². The maximum Gasteiger partial charge on any atom is 0.278 e. The molecule has 0 unspecified atom stereocenters. The van der Waals surface area contributed by atoms with Crippen LogP contribution in [-0.2, 0) is 16.6 Å². The third-order valence-electron chi connectivity index (χ3n) is 7.65. The molecule has 3 heterocycles. The van der Waals surface area contributed by atoms with Gasteiger partial charge in [0, 0.05) is 29.3 Å². The Bertz CT molecular complexity index is 1560. The molecule has 0 fully saturated rings. The number of benzene rings is 1. The number of fused-ring (bicyclic) bond motifs is 3. The van der Waals surface area contributed by atoms with E-state index in [1.165, 1.54) is 0 Å². The van der Waals surface area contributed by atoms with Crippen molar-refractivity contribution >= 4 is 5.78 Å². The molecule has 1 aromatic carbocycles. The fraction of sp³-hybridized carbons (Fsp3) is 0.286. The number of hydrogen-bond donors (Lipinski definition) is 0. The third kappa shape index (κ3) is 3.23. The van der Waals surface area contributed by atoms with E-state index < -0.39 is 5.41 Å². The predicted molar refractivity (Wildman–Crippen MR) is 132 cm³/mol. The summed E-state index contributed by atoms with van der Waals surface area (Å²) < 4.78 is 7.45. The predicted octanol–water partition coefficient (Wildman–Crippen LogP) is 4.78. The number of pyridine rings is 1. The number of rotatable bonds is 3. The summed E-state index contributed by atoms with van der Waals surface area (Å²) in [6.45, 7) is 5.83. The monoisotopic (exact) mass is 476 g/mol. The van der Waals surface area contributed by atoms with Crippen molar-refractivity contribution in [2.75, 3.05) is 0 Å². The number of Topliss-reactive ketones (excluding diaryl/α,β-unsaturated/α-hetero) is 1. The highest BCUT2D eigenvalue weighted by molar-refractivity contribution is 6.02. The molecule has 0 spiro atoms. The molecule has 0 saturated heterocycles. The maximum atomic E-state index is 12.9. The first-order valence-electron chi connectivity index (χ1n) is 12.0. The van der Waals surface area contributed by atoms with E-state index in [1.807, 2.05) is 60.3 Å². The topological polar surface area (TPSA) is 110 Å². The van der Waals surface area contributed by atoms with Gasteiger partial charge in [-0.3, -0.25) is 9.78 Å². The largest absolute Gasteiger partial charge is 0.332 e. The van der Waals surface area contributed by atoms with Gasteiger partial charge in [0.25, 0.3) is 5.89 Å². The quantitative estimate of drug-likeness (QED) is 0.418. The van der Waals surface area contributed by atoms with Gasteiger partial charge in [-0.05, 0) is 55.0 Å². The van der Waals surface area contributed by atoms with Crippen LogP contribution >= 0.6 is 0 Å². The molecular formula is C28H24N6O2. The molecule has 0 radical (unpaired) electrons. The molecule has 3 aromatic heterocycles. The number of nitrogens with zero attached hydrogens (tertiary/aromatic N) is 6. The van der Waals surface area contributed by atoms with Crippen molar-refractivity contribution < 1.29 is 9.32 Å². The molecule has 3 atom stereocenters. The average molecular weight is 477 g/mol. The summed E-state index contributed by atoms with van der Waals surface area (Å²) in [5.74, 6) is 0.631. The Kier molecular flexibility index (Phi) is 4.97. The minimum atomic E-state index is -0.561. The van der Waals surface area contributed by atoms with E-state index in [9.17, 15) is 10.1 Å². The van der Waals surface area contributed by atoms with Crippen molar-refractivity contribution in [3.8, 4) is 34.5 Å². The second-order valence-corrected chi connectivity index (χ2v) is 9.77. The lowest BCUT2D eigenvalue weighted by Crippen LogP contribution is -2.46. The Balaban J connectivity index is 1.57. The molecule has 0 bridgehead atoms. The summed E-state index contributed by atoms with van der Waals surface area (Å²) in [6.07, 6.45) is 6.97. The van der Waals surface area contributed by atoms with Gasteiger partial charge < -0.3 is 4.52 Å². The maximum absolute atomic E-state index is 12.9. The van der Waals surface area contributed by atoms with E-state index in [0.717, 1.165) is 40.9 Å². The molecule has 0 amide bonds. The first-order chi connectivity index (χ1) is 17.4. The van der Waals surface area contributed by atoms with Gasteiger partial charge in [0.05, 0.1) is 17.0 Å². The summed E-state index contributed by atoms with van der Waals surface area (Å²) in [6, 6.07) is 14.2. The van der Waals surface area contributed by atoms with Gasteiger partial charge in [-0.25, -0.2) is 4.68 Å². The van der Waals surface area contributed by atoms with Gasteiger partial charge in [-0.15, -0.1) is 0 Å². The Hall–Kier alpha value is -4.38. The molecule has 6 rings (SSSR count). The zero-order valence-corrected chi connectivity index (χ0v) is 20.3. The number of aromatic nitrogens is 5. The average Bonchev–Trinajstić information content (AvgIpc) is 3.51. The van der Waals surface area contributed by atoms with Crippen molar-refractivity contribution in [1.29, 1.82) is 5.26 Å². The van der Waals surface area contributed by atoms with Gasteiger partial charge in [-0.2, -0.15) is 15.3 Å². The number of ketones is 1. The second-order valence-electron chi connectivity index (χ2n) is 9.77. The zero-order chi connectivity index (χ0) is 25.0. The summed E-state index contributed by atoms with van der Waals surface area (Å²) in [5, 5.41) is 18.7. The van der Waals surface area contributed by atoms with Crippen molar-refractivity contribution in [2.24, 2.45) is 11.8 Å². The van der Waals surface area contributed by atoms with Crippen LogP contribution in [0.3, 0.4) is 0 Å². The Morgan fingerprint density at radius 2 is 2.00 bits per heavy atom. The number of nitriles is 1. The first kappa shape index (κ1) is 22.1. The Labute approximate surface area is 208 Å². The normalized spacial score (nSPS) is 22.9. The van der Waals surface area contributed by atoms with Crippen molar-refractivity contribution in [1.82, 2.24) is 24.9 Å². The number of carbonyl (C=O) groups is 1. The first-order valence-corrected chi connectivity index (χ1v) is 12.0. The fourth-order valence-electron chi connectivity index (χ4n) is 5.93. The molecule has 0 saturated carbocycles. The Morgan fingerprint density at radius 1 is 1.19 bits per heavy atom. The summed E-state index contributed by atoms with van der Waals surface area (Å²) in [4.78, 5) is 21.5. The van der Waals surface area contributed by atoms with Gasteiger partial charge in [-0.1, -0.05) is 43.3 Å². The standard InChI is InChI=1S/C28H24N6O2/c1-16-23-11-10-22-24(27-31-17(2)33-36-27)32-34(26(22)28(23,3)13-20(14-29)25(16)35)21-8-6-18(7-9-21)19-5-4-12-30-15-19/h4-9,12-13,15-16,23H,10-11H2,1-3H3/t16-,23-,28-/m1/s1. The lowest BCUT2D eigenvalue weighted by molar-refractivity contribution is -0.121. The third-order valence-corrected chi connectivity index (χ3v) is 7.65. The molecule has 0 N–H and O–H groups in total. The SMILES string of the molecule is Cc1noc(-c2nn(-c3ccc(-c4cccnc4)cc3)c3c2CC[C@@H]2[C@@H](C)C(=O)C(C#N)=C[C@@]32C)n1. The molecule has 0 aliphatic heterocycles. The lowest BCUT2D eigenvalue weighted by Gasteiger charge is -2.45. The zero-order valence-electron chi connectivity index (χ0n) is 20.3. The molecule has 8 heteroatoms. The summed E-state index contributed by atoms with van der Waals surface area (Å²) in [7, 11) is 0. The smallest absolute Gasteiger partial charge is 0.278 e. The minimum Gasteiger partial charge on any atom is -0.332 e. The van der Waals surface area contributed by atoms with Crippen LogP contribution in [0.5, 0.6) is 0 Å². The van der Waals surface area contributed by atoms with E-state index in [0.29, 0.717) is 17.4 Å². The van der Waals surface area contributed by atoms with Gasteiger partial charge in [0.2, 0.25) is 0 Å². The van der Waals surface area contributed by atoms with Crippen molar-refractivity contribution in [3.63, 3.8) is 0 Å². The van der Waals surface area contributed by atoms with Gasteiger partial charge in [0.1, 0.15) is 6.07 Å². The summed E-state index contributed by atoms with van der Waals surface area (Å²) in [5.41, 5.74) is 5.24. The highest BCUT2D eigenvalue weighted by Crippen LogP contribution is 2.52. The molecule has 2 aliphatic rings. The summed E-state index contributed by atoms with van der Waals surface area (Å²) >= 11 is 0. The number of aryl methyl sites for hydroxylation is 1. The van der Waals surface area contributed by atoms with Crippen LogP contribution in [0.15, 0.2) is 65.0 Å². The van der Waals surface area contributed by atoms with E-state index >= 15 is 0 Å². The van der Waals surface area contributed by atoms with E-state index in [-0.39, 0.29) is 23.2 Å². The highest BCUT2D eigenvalue weighted by atomic mass is 16.5. The molecular weight excluding hydrogens is 452 g/mol. The number of allylic oxidation sites excluding steroid dienone is 2. The van der Waals surface area contributed by atoms with Crippen molar-refractivity contribution in [2.45, 2.75) is 39.0 Å². The van der Waals surface area contributed by atoms with Gasteiger partial charge >= 0.3 is 0 Å². The van der Waals surface area contributed by atoms with Crippen LogP contribution in [0, 0.1) is 30.1 Å². The van der Waals surface area contributed by atoms with E-state index in [1.54, 1.807) is 13.1 Å². The van der Waals surface area contributed by atoms with Crippen LogP contribution in [0.4, 0.5) is 0 Å². The molecule has 8 nitrogen and oxygen atoms in total. The molecule has 2 aliphatic carbocycles. The van der Waals surface area contributed by atoms with Crippen LogP contribution in [0.1, 0.15) is 37.4 Å². The second kappa shape index (κ2) is 8.09. The lowest BCUT2D eigenvalue weighted by atomic mass is 9.58. The molecule has 178 valence electrons. The van der Waals surface area contributed by atoms with Crippen LogP contribution < -0.4 is 0 Å². The van der Waals surface area contributed by atoms with Crippen LogP contribution in [-0.4, -0.2) is 30.7 Å². The molecule has 36 heavy (non-hydrogen) atoms. The highest BCUT2D eigenvalue weighted by Gasteiger charge is 2.51. The minimum absolute atomic E-state index is 0.0528. The van der Waals surface area contributed by atoms with Crippen LogP contribution in [0.2, 0.25) is 0 Å². The number of carbonyl (C=O) groups excluding carboxylic acids is 1.